The Kier molecular flexibility index (Phi) is 4.55. The minimum atomic E-state index is -3.10. The predicted molar refractivity (Wildman–Crippen MR) is 59.5 cm³/mol. The Hall–Kier alpha value is -0.130. The van der Waals surface area contributed by atoms with Gasteiger partial charge < -0.3 is 5.73 Å². The molecule has 4 nitrogen and oxygen atoms in total. The van der Waals surface area contributed by atoms with Gasteiger partial charge in [0.25, 0.3) is 0 Å². The van der Waals surface area contributed by atoms with Crippen molar-refractivity contribution >= 4 is 10.0 Å². The molecule has 2 N–H and O–H groups in total. The van der Waals surface area contributed by atoms with Gasteiger partial charge in [-0.15, -0.1) is 0 Å². The van der Waals surface area contributed by atoms with Crippen LogP contribution in [0.25, 0.3) is 0 Å². The molecule has 0 saturated heterocycles. The number of hydrogen-bond acceptors (Lipinski definition) is 3. The van der Waals surface area contributed by atoms with Crippen LogP contribution in [0.15, 0.2) is 0 Å². The number of sulfonamides is 1. The molecule has 86 valence electrons. The van der Waals surface area contributed by atoms with Crippen LogP contribution < -0.4 is 5.73 Å². The molecule has 0 fully saturated rings. The van der Waals surface area contributed by atoms with Gasteiger partial charge in [-0.1, -0.05) is 20.8 Å². The summed E-state index contributed by atoms with van der Waals surface area (Å²) in [4.78, 5) is 0. The van der Waals surface area contributed by atoms with Crippen molar-refractivity contribution in [3.63, 3.8) is 0 Å². The van der Waals surface area contributed by atoms with Crippen LogP contribution in [-0.4, -0.2) is 38.1 Å². The Labute approximate surface area is 87.5 Å². The van der Waals surface area contributed by atoms with Crippen molar-refractivity contribution in [3.05, 3.63) is 0 Å². The third kappa shape index (κ3) is 3.94. The number of nitrogens with zero attached hydrogens (tertiary/aromatic N) is 1. The second-order valence-corrected chi connectivity index (χ2v) is 7.02. The lowest BCUT2D eigenvalue weighted by Gasteiger charge is -2.30. The van der Waals surface area contributed by atoms with Crippen LogP contribution in [0.4, 0.5) is 0 Å². The lowest BCUT2D eigenvalue weighted by molar-refractivity contribution is 0.279. The van der Waals surface area contributed by atoms with E-state index < -0.39 is 10.0 Å². The second kappa shape index (κ2) is 4.59. The molecular formula is C9H22N2O2S. The Morgan fingerprint density at radius 2 is 1.79 bits per heavy atom. The molecule has 0 aromatic rings. The summed E-state index contributed by atoms with van der Waals surface area (Å²) in [6, 6.07) is -0.145. The van der Waals surface area contributed by atoms with Crippen molar-refractivity contribution in [2.75, 3.05) is 19.3 Å². The van der Waals surface area contributed by atoms with Gasteiger partial charge in [0.2, 0.25) is 10.0 Å². The Balaban J connectivity index is 4.42. The van der Waals surface area contributed by atoms with Crippen molar-refractivity contribution in [2.45, 2.75) is 33.7 Å². The number of nitrogens with two attached hydrogens (primary N) is 1. The fourth-order valence-corrected chi connectivity index (χ4v) is 1.71. The molecule has 14 heavy (non-hydrogen) atoms. The van der Waals surface area contributed by atoms with E-state index in [0.717, 1.165) is 0 Å². The Bertz CT molecular complexity index is 267. The number of likely N-dealkylation sites (N-methyl/N-ethyl adjacent to an activating group) is 1. The molecule has 0 heterocycles. The van der Waals surface area contributed by atoms with E-state index in [1.807, 2.05) is 20.8 Å². The van der Waals surface area contributed by atoms with Gasteiger partial charge in [0.05, 0.1) is 5.75 Å². The summed E-state index contributed by atoms with van der Waals surface area (Å²) in [7, 11) is -1.53. The van der Waals surface area contributed by atoms with Gasteiger partial charge in [0.15, 0.2) is 0 Å². The molecule has 0 bridgehead atoms. The van der Waals surface area contributed by atoms with Gasteiger partial charge in [-0.25, -0.2) is 12.7 Å². The van der Waals surface area contributed by atoms with Crippen molar-refractivity contribution in [2.24, 2.45) is 11.1 Å². The van der Waals surface area contributed by atoms with Gasteiger partial charge in [-0.2, -0.15) is 0 Å². The van der Waals surface area contributed by atoms with Crippen molar-refractivity contribution < 1.29 is 8.42 Å². The maximum absolute atomic E-state index is 11.4. The highest BCUT2D eigenvalue weighted by Crippen LogP contribution is 2.18. The molecule has 0 spiro atoms. The van der Waals surface area contributed by atoms with Crippen LogP contribution >= 0.6 is 0 Å². The zero-order valence-corrected chi connectivity index (χ0v) is 10.6. The molecule has 0 rings (SSSR count). The average molecular weight is 222 g/mol. The quantitative estimate of drug-likeness (QED) is 0.759. The maximum Gasteiger partial charge on any atom is 0.213 e. The van der Waals surface area contributed by atoms with Gasteiger partial charge in [0.1, 0.15) is 0 Å². The van der Waals surface area contributed by atoms with Crippen LogP contribution in [-0.2, 0) is 10.0 Å². The summed E-state index contributed by atoms with van der Waals surface area (Å²) in [6.07, 6.45) is 0. The standard InChI is InChI=1S/C9H22N2O2S/c1-6-14(12,13)11(5)7-8(10)9(2,3)4/h8H,6-7,10H2,1-5H3/t8-/m1/s1. The van der Waals surface area contributed by atoms with E-state index in [9.17, 15) is 8.42 Å². The van der Waals surface area contributed by atoms with Crippen molar-refractivity contribution in [3.8, 4) is 0 Å². The summed E-state index contributed by atoms with van der Waals surface area (Å²) >= 11 is 0. The minimum Gasteiger partial charge on any atom is -0.326 e. The van der Waals surface area contributed by atoms with E-state index >= 15 is 0 Å². The zero-order valence-electron chi connectivity index (χ0n) is 9.74. The summed E-state index contributed by atoms with van der Waals surface area (Å²) in [5.41, 5.74) is 5.83. The summed E-state index contributed by atoms with van der Waals surface area (Å²) in [5.74, 6) is 0.125. The van der Waals surface area contributed by atoms with Crippen LogP contribution in [0.3, 0.4) is 0 Å². The molecule has 0 aromatic carbocycles. The minimum absolute atomic E-state index is 0.0719. The molecule has 5 heteroatoms. The fourth-order valence-electron chi connectivity index (χ4n) is 0.885. The fraction of sp³-hybridized carbons (Fsp3) is 1.00. The first-order valence-corrected chi connectivity index (χ1v) is 6.41. The molecule has 0 aliphatic rings. The predicted octanol–water partition coefficient (Wildman–Crippen LogP) is 0.641. The largest absolute Gasteiger partial charge is 0.326 e. The molecule has 0 aromatic heterocycles. The lowest BCUT2D eigenvalue weighted by atomic mass is 9.87. The van der Waals surface area contributed by atoms with Gasteiger partial charge in [-0.05, 0) is 12.3 Å². The first-order chi connectivity index (χ1) is 6.11. The van der Waals surface area contributed by atoms with E-state index in [1.165, 1.54) is 4.31 Å². The number of hydrogen-bond donors (Lipinski definition) is 1. The molecule has 0 unspecified atom stereocenters. The normalized spacial score (nSPS) is 15.9. The molecule has 1 atom stereocenters. The van der Waals surface area contributed by atoms with Gasteiger partial charge in [-0.3, -0.25) is 0 Å². The molecule has 0 saturated carbocycles. The van der Waals surface area contributed by atoms with Crippen LogP contribution in [0.2, 0.25) is 0 Å². The van der Waals surface area contributed by atoms with E-state index in [0.29, 0.717) is 6.54 Å². The topological polar surface area (TPSA) is 63.4 Å². The summed E-state index contributed by atoms with van der Waals surface area (Å²) in [5, 5.41) is 0. The monoisotopic (exact) mass is 222 g/mol. The Morgan fingerprint density at radius 1 is 1.36 bits per heavy atom. The first-order valence-electron chi connectivity index (χ1n) is 4.81. The highest BCUT2D eigenvalue weighted by Gasteiger charge is 2.25. The smallest absolute Gasteiger partial charge is 0.213 e. The highest BCUT2D eigenvalue weighted by atomic mass is 32.2. The van der Waals surface area contributed by atoms with E-state index in [-0.39, 0.29) is 17.2 Å². The Morgan fingerprint density at radius 3 is 2.07 bits per heavy atom. The lowest BCUT2D eigenvalue weighted by Crippen LogP contribution is -2.46. The second-order valence-electron chi connectivity index (χ2n) is 4.65. The highest BCUT2D eigenvalue weighted by molar-refractivity contribution is 7.89. The molecule has 0 aliphatic carbocycles. The van der Waals surface area contributed by atoms with Crippen LogP contribution in [0, 0.1) is 5.41 Å². The van der Waals surface area contributed by atoms with Gasteiger partial charge >= 0.3 is 0 Å². The SMILES string of the molecule is CCS(=O)(=O)N(C)C[C@@H](N)C(C)(C)C. The van der Waals surface area contributed by atoms with Crippen molar-refractivity contribution in [1.29, 1.82) is 0 Å². The average Bonchev–Trinajstić information content (AvgIpc) is 2.02. The molecule has 0 aliphatic heterocycles. The number of rotatable bonds is 4. The third-order valence-corrected chi connectivity index (χ3v) is 4.23. The maximum atomic E-state index is 11.4. The molecule has 0 amide bonds. The molecular weight excluding hydrogens is 200 g/mol. The summed E-state index contributed by atoms with van der Waals surface area (Å²) < 4.78 is 24.2. The van der Waals surface area contributed by atoms with E-state index in [2.05, 4.69) is 0 Å². The van der Waals surface area contributed by atoms with E-state index in [4.69, 9.17) is 5.73 Å². The zero-order chi connectivity index (χ0) is 11.6. The third-order valence-electron chi connectivity index (χ3n) is 2.41. The van der Waals surface area contributed by atoms with Gasteiger partial charge in [0, 0.05) is 19.6 Å². The van der Waals surface area contributed by atoms with E-state index in [1.54, 1.807) is 14.0 Å². The summed E-state index contributed by atoms with van der Waals surface area (Å²) in [6.45, 7) is 8.02. The van der Waals surface area contributed by atoms with Crippen LogP contribution in [0.1, 0.15) is 27.7 Å². The molecule has 0 radical (unpaired) electrons. The van der Waals surface area contributed by atoms with Crippen LogP contribution in [0.5, 0.6) is 0 Å². The first kappa shape index (κ1) is 13.9. The van der Waals surface area contributed by atoms with Crippen molar-refractivity contribution in [1.82, 2.24) is 4.31 Å².